The van der Waals surface area contributed by atoms with Crippen LogP contribution in [0, 0.1) is 0 Å². The minimum absolute atomic E-state index is 0.0354. The van der Waals surface area contributed by atoms with Gasteiger partial charge in [0.15, 0.2) is 0 Å². The predicted molar refractivity (Wildman–Crippen MR) is 117 cm³/mol. The summed E-state index contributed by atoms with van der Waals surface area (Å²) in [5, 5.41) is 0. The van der Waals surface area contributed by atoms with Crippen molar-refractivity contribution in [2.45, 2.75) is 103 Å². The van der Waals surface area contributed by atoms with Gasteiger partial charge in [0.1, 0.15) is 6.10 Å². The zero-order valence-electron chi connectivity index (χ0n) is 19.1. The van der Waals surface area contributed by atoms with Gasteiger partial charge in [-0.25, -0.2) is 0 Å². The maximum atomic E-state index is 12.1. The van der Waals surface area contributed by atoms with Crippen LogP contribution in [0.25, 0.3) is 0 Å². The summed E-state index contributed by atoms with van der Waals surface area (Å²) in [6.45, 7) is 3.83. The average molecular weight is 385 g/mol. The summed E-state index contributed by atoms with van der Waals surface area (Å²) in [6.07, 6.45) is 17.8. The van der Waals surface area contributed by atoms with Crippen LogP contribution in [0.2, 0.25) is 0 Å². The van der Waals surface area contributed by atoms with Crippen LogP contribution in [-0.2, 0) is 9.53 Å². The lowest BCUT2D eigenvalue weighted by Crippen LogP contribution is -2.38. The normalized spacial score (nSPS) is 11.7. The van der Waals surface area contributed by atoms with Gasteiger partial charge in [0.05, 0.1) is 0 Å². The first-order valence-electron chi connectivity index (χ1n) is 11.4. The second-order valence-electron chi connectivity index (χ2n) is 8.63. The fourth-order valence-electron chi connectivity index (χ4n) is 3.48. The van der Waals surface area contributed by atoms with Gasteiger partial charge in [0.2, 0.25) is 0 Å². The molecule has 0 aliphatic rings. The molecule has 0 aliphatic carbocycles. The number of hydrogen-bond acceptors (Lipinski definition) is 4. The molecule has 0 heterocycles. The molecule has 0 spiro atoms. The van der Waals surface area contributed by atoms with Crippen molar-refractivity contribution in [3.8, 4) is 0 Å². The molecular weight excluding hydrogens is 336 g/mol. The van der Waals surface area contributed by atoms with Gasteiger partial charge < -0.3 is 14.5 Å². The third-order valence-corrected chi connectivity index (χ3v) is 4.92. The van der Waals surface area contributed by atoms with E-state index >= 15 is 0 Å². The molecule has 0 unspecified atom stereocenters. The molecule has 0 saturated heterocycles. The highest BCUT2D eigenvalue weighted by molar-refractivity contribution is 5.69. The van der Waals surface area contributed by atoms with Crippen molar-refractivity contribution in [2.75, 3.05) is 41.3 Å². The molecule has 0 aliphatic heterocycles. The fourth-order valence-corrected chi connectivity index (χ4v) is 3.48. The summed E-state index contributed by atoms with van der Waals surface area (Å²) < 4.78 is 5.66. The Morgan fingerprint density at radius 1 is 0.667 bits per heavy atom. The van der Waals surface area contributed by atoms with Crippen LogP contribution in [0.15, 0.2) is 0 Å². The summed E-state index contributed by atoms with van der Waals surface area (Å²) in [5.74, 6) is -0.0354. The molecule has 4 nitrogen and oxygen atoms in total. The lowest BCUT2D eigenvalue weighted by molar-refractivity contribution is -0.150. The van der Waals surface area contributed by atoms with Gasteiger partial charge in [-0.1, -0.05) is 84.0 Å². The molecule has 0 amide bonds. The zero-order valence-corrected chi connectivity index (χ0v) is 19.1. The second kappa shape index (κ2) is 18.7. The number of hydrogen-bond donors (Lipinski definition) is 0. The second-order valence-corrected chi connectivity index (χ2v) is 8.63. The molecule has 4 heteroatoms. The summed E-state index contributed by atoms with van der Waals surface area (Å²) in [6, 6.07) is 0. The number of rotatable bonds is 19. The third-order valence-electron chi connectivity index (χ3n) is 4.92. The van der Waals surface area contributed by atoms with Crippen molar-refractivity contribution >= 4 is 5.97 Å². The summed E-state index contributed by atoms with van der Waals surface area (Å²) in [7, 11) is 8.07. The minimum atomic E-state index is -0.0375. The van der Waals surface area contributed by atoms with E-state index in [-0.39, 0.29) is 12.1 Å². The molecule has 0 atom stereocenters. The minimum Gasteiger partial charge on any atom is -0.460 e. The lowest BCUT2D eigenvalue weighted by Gasteiger charge is -2.24. The molecule has 162 valence electrons. The quantitative estimate of drug-likeness (QED) is 0.217. The molecule has 0 bridgehead atoms. The Balaban J connectivity index is 3.51. The Labute approximate surface area is 170 Å². The standard InChI is InChI=1S/C23H48N2O2/c1-6-7-8-9-10-11-12-13-14-15-16-17-18-19-23(26)27-22(20-24(2)3)21-25(4)5/h22H,6-21H2,1-5H3. The SMILES string of the molecule is CCCCCCCCCCCCCCCC(=O)OC(CN(C)C)CN(C)C. The molecule has 0 aromatic rings. The molecule has 0 N–H and O–H groups in total. The van der Waals surface area contributed by atoms with Crippen molar-refractivity contribution in [2.24, 2.45) is 0 Å². The molecular formula is C23H48N2O2. The first kappa shape index (κ1) is 26.4. The molecule has 27 heavy (non-hydrogen) atoms. The Kier molecular flexibility index (Phi) is 18.3. The summed E-state index contributed by atoms with van der Waals surface area (Å²) in [4.78, 5) is 16.2. The summed E-state index contributed by atoms with van der Waals surface area (Å²) in [5.41, 5.74) is 0. The van der Waals surface area contributed by atoms with Gasteiger partial charge in [0, 0.05) is 19.5 Å². The van der Waals surface area contributed by atoms with Gasteiger partial charge in [-0.2, -0.15) is 0 Å². The monoisotopic (exact) mass is 384 g/mol. The topological polar surface area (TPSA) is 32.8 Å². The van der Waals surface area contributed by atoms with Crippen molar-refractivity contribution in [3.63, 3.8) is 0 Å². The van der Waals surface area contributed by atoms with E-state index < -0.39 is 0 Å². The van der Waals surface area contributed by atoms with E-state index in [4.69, 9.17) is 4.74 Å². The van der Waals surface area contributed by atoms with Crippen LogP contribution in [0.5, 0.6) is 0 Å². The third kappa shape index (κ3) is 19.9. The van der Waals surface area contributed by atoms with Gasteiger partial charge in [0.25, 0.3) is 0 Å². The molecule has 0 aromatic carbocycles. The van der Waals surface area contributed by atoms with E-state index in [1.807, 2.05) is 28.2 Å². The lowest BCUT2D eigenvalue weighted by atomic mass is 10.0. The molecule has 0 saturated carbocycles. The van der Waals surface area contributed by atoms with E-state index in [0.29, 0.717) is 6.42 Å². The van der Waals surface area contributed by atoms with Gasteiger partial charge >= 0.3 is 5.97 Å². The van der Waals surface area contributed by atoms with Crippen molar-refractivity contribution < 1.29 is 9.53 Å². The molecule has 0 fully saturated rings. The molecule has 0 aromatic heterocycles. The van der Waals surface area contributed by atoms with Crippen LogP contribution < -0.4 is 0 Å². The van der Waals surface area contributed by atoms with Gasteiger partial charge in [-0.05, 0) is 34.6 Å². The van der Waals surface area contributed by atoms with Crippen LogP contribution in [0.3, 0.4) is 0 Å². The molecule has 0 rings (SSSR count). The first-order valence-corrected chi connectivity index (χ1v) is 11.4. The van der Waals surface area contributed by atoms with Crippen LogP contribution in [0.4, 0.5) is 0 Å². The fraction of sp³-hybridized carbons (Fsp3) is 0.957. The van der Waals surface area contributed by atoms with Crippen molar-refractivity contribution in [3.05, 3.63) is 0 Å². The number of carbonyl (C=O) groups is 1. The summed E-state index contributed by atoms with van der Waals surface area (Å²) >= 11 is 0. The highest BCUT2D eigenvalue weighted by Crippen LogP contribution is 2.13. The number of ether oxygens (including phenoxy) is 1. The van der Waals surface area contributed by atoms with Gasteiger partial charge in [-0.15, -0.1) is 0 Å². The highest BCUT2D eigenvalue weighted by atomic mass is 16.5. The van der Waals surface area contributed by atoms with Crippen LogP contribution in [0.1, 0.15) is 96.8 Å². The predicted octanol–water partition coefficient (Wildman–Crippen LogP) is 5.50. The first-order chi connectivity index (χ1) is 13.0. The molecule has 0 radical (unpaired) electrons. The zero-order chi connectivity index (χ0) is 20.3. The average Bonchev–Trinajstić information content (AvgIpc) is 2.57. The van der Waals surface area contributed by atoms with E-state index in [9.17, 15) is 4.79 Å². The Hall–Kier alpha value is -0.610. The maximum absolute atomic E-state index is 12.1. The van der Waals surface area contributed by atoms with E-state index in [0.717, 1.165) is 25.9 Å². The maximum Gasteiger partial charge on any atom is 0.306 e. The Morgan fingerprint density at radius 2 is 1.04 bits per heavy atom. The van der Waals surface area contributed by atoms with E-state index in [2.05, 4.69) is 16.7 Å². The van der Waals surface area contributed by atoms with E-state index in [1.54, 1.807) is 0 Å². The van der Waals surface area contributed by atoms with Gasteiger partial charge in [-0.3, -0.25) is 4.79 Å². The number of esters is 1. The van der Waals surface area contributed by atoms with Crippen LogP contribution in [-0.4, -0.2) is 63.2 Å². The van der Waals surface area contributed by atoms with Crippen molar-refractivity contribution in [1.29, 1.82) is 0 Å². The van der Waals surface area contributed by atoms with Crippen LogP contribution >= 0.6 is 0 Å². The smallest absolute Gasteiger partial charge is 0.306 e. The largest absolute Gasteiger partial charge is 0.460 e. The van der Waals surface area contributed by atoms with Crippen molar-refractivity contribution in [1.82, 2.24) is 9.80 Å². The number of unbranched alkanes of at least 4 members (excludes halogenated alkanes) is 12. The number of carbonyl (C=O) groups excluding carboxylic acids is 1. The van der Waals surface area contributed by atoms with E-state index in [1.165, 1.54) is 70.6 Å². The number of likely N-dealkylation sites (N-methyl/N-ethyl adjacent to an activating group) is 2. The highest BCUT2D eigenvalue weighted by Gasteiger charge is 2.16. The Morgan fingerprint density at radius 3 is 1.41 bits per heavy atom. The Bertz CT molecular complexity index is 322. The number of nitrogens with zero attached hydrogens (tertiary/aromatic N) is 2.